The molecule has 0 aromatic heterocycles. The molecule has 0 aromatic rings. The number of hydrogen-bond donors (Lipinski definition) is 3. The second-order valence-corrected chi connectivity index (χ2v) is 21.9. The lowest BCUT2D eigenvalue weighted by Gasteiger charge is -2.40. The quantitative estimate of drug-likeness (QED) is 0.191. The molecule has 0 spiro atoms. The highest BCUT2D eigenvalue weighted by atomic mass is 28.4. The molecule has 0 unspecified atom stereocenters. The molecule has 1 saturated heterocycles. The van der Waals surface area contributed by atoms with E-state index in [0.29, 0.717) is 13.0 Å². The molecule has 4 N–H and O–H groups in total. The van der Waals surface area contributed by atoms with Gasteiger partial charge in [-0.1, -0.05) is 41.5 Å². The summed E-state index contributed by atoms with van der Waals surface area (Å²) in [5.74, 6) is -0.399. The molecule has 0 bridgehead atoms. The van der Waals surface area contributed by atoms with Crippen LogP contribution >= 0.6 is 0 Å². The van der Waals surface area contributed by atoms with E-state index in [-0.39, 0.29) is 33.6 Å². The van der Waals surface area contributed by atoms with Crippen molar-refractivity contribution in [2.24, 2.45) is 5.73 Å². The molecule has 0 aliphatic carbocycles. The Morgan fingerprint density at radius 3 is 2.26 bits per heavy atom. The average molecular weight is 522 g/mol. The molecule has 2 aliphatic heterocycles. The summed E-state index contributed by atoms with van der Waals surface area (Å²) in [6.07, 6.45) is 2.57. The molecule has 196 valence electrons. The van der Waals surface area contributed by atoms with E-state index >= 15 is 0 Å². The van der Waals surface area contributed by atoms with Crippen molar-refractivity contribution in [3.05, 3.63) is 23.5 Å². The largest absolute Gasteiger partial charge is 0.414 e. The molecule has 0 aromatic carbocycles. The Morgan fingerprint density at radius 2 is 1.80 bits per heavy atom. The number of nitrogens with two attached hydrogens (primary N) is 1. The van der Waals surface area contributed by atoms with E-state index in [1.165, 1.54) is 4.90 Å². The average Bonchev–Trinajstić information content (AvgIpc) is 3.06. The van der Waals surface area contributed by atoms with Gasteiger partial charge in [0.05, 0.1) is 18.4 Å². The predicted molar refractivity (Wildman–Crippen MR) is 143 cm³/mol. The van der Waals surface area contributed by atoms with Crippen LogP contribution in [0.3, 0.4) is 0 Å². The van der Waals surface area contributed by atoms with E-state index in [9.17, 15) is 10.1 Å². The number of amidine groups is 1. The molecule has 11 heteroatoms. The lowest BCUT2D eigenvalue weighted by Crippen LogP contribution is -2.48. The Hall–Kier alpha value is -1.98. The van der Waals surface area contributed by atoms with Crippen LogP contribution in [0.1, 0.15) is 48.0 Å². The fraction of sp³-hybridized carbons (Fsp3) is 0.708. The highest BCUT2D eigenvalue weighted by molar-refractivity contribution is 6.74. The first-order chi connectivity index (χ1) is 15.8. The SMILES string of the molecule is CC(C)(C)[Si](C)(C)OC[C@H]1O[C@@H](N2C=C/C(=C(\C#N)C(=N)N)NC2=O)C[C@@H]1O[Si](C)(C)C(C)(C)C. The monoisotopic (exact) mass is 521 g/mol. The first kappa shape index (κ1) is 29.3. The van der Waals surface area contributed by atoms with Gasteiger partial charge in [-0.25, -0.2) is 4.79 Å². The molecular formula is C24H43N5O4Si2. The Morgan fingerprint density at radius 1 is 1.23 bits per heavy atom. The van der Waals surface area contributed by atoms with Gasteiger partial charge in [-0.3, -0.25) is 10.3 Å². The van der Waals surface area contributed by atoms with Crippen LogP contribution in [-0.2, 0) is 13.6 Å². The lowest BCUT2D eigenvalue weighted by molar-refractivity contribution is -0.0494. The molecule has 1 fully saturated rings. The minimum Gasteiger partial charge on any atom is -0.414 e. The number of carbonyl (C=O) groups is 1. The molecule has 2 aliphatic rings. The van der Waals surface area contributed by atoms with E-state index in [4.69, 9.17) is 24.7 Å². The molecule has 35 heavy (non-hydrogen) atoms. The second-order valence-electron chi connectivity index (χ2n) is 12.3. The Labute approximate surface area is 212 Å². The number of urea groups is 1. The van der Waals surface area contributed by atoms with Gasteiger partial charge in [-0.2, -0.15) is 5.26 Å². The standard InChI is InChI=1S/C24H43N5O4Si2/c1-23(2,3)34(7,8)31-15-19-18(33-35(9,10)24(4,5)6)13-20(32-19)29-12-11-17(28-22(29)30)16(14-25)21(26)27/h11-12,18-20H,13,15H2,1-10H3,(H3,26,27)(H,28,30)/b17-16-/t18-,19+,20+/m0/s1. The van der Waals surface area contributed by atoms with Gasteiger partial charge >= 0.3 is 6.03 Å². The van der Waals surface area contributed by atoms with Gasteiger partial charge in [0.1, 0.15) is 29.8 Å². The maximum Gasteiger partial charge on any atom is 0.328 e. The highest BCUT2D eigenvalue weighted by Crippen LogP contribution is 2.41. The zero-order chi connectivity index (χ0) is 27.0. The van der Waals surface area contributed by atoms with Crippen molar-refractivity contribution in [3.8, 4) is 6.07 Å². The summed E-state index contributed by atoms with van der Waals surface area (Å²) in [5, 5.41) is 19.6. The molecular weight excluding hydrogens is 478 g/mol. The lowest BCUT2D eigenvalue weighted by atomic mass is 10.1. The summed E-state index contributed by atoms with van der Waals surface area (Å²) in [7, 11) is -4.11. The Balaban J connectivity index is 2.29. The summed E-state index contributed by atoms with van der Waals surface area (Å²) in [6, 6.07) is 1.41. The summed E-state index contributed by atoms with van der Waals surface area (Å²) >= 11 is 0. The maximum absolute atomic E-state index is 12.9. The number of nitrogens with zero attached hydrogens (tertiary/aromatic N) is 2. The molecule has 2 heterocycles. The smallest absolute Gasteiger partial charge is 0.328 e. The minimum atomic E-state index is -2.11. The third-order valence-electron chi connectivity index (χ3n) is 7.69. The third kappa shape index (κ3) is 6.62. The zero-order valence-corrected chi connectivity index (χ0v) is 24.9. The predicted octanol–water partition coefficient (Wildman–Crippen LogP) is 4.77. The first-order valence-corrected chi connectivity index (χ1v) is 17.9. The van der Waals surface area contributed by atoms with Crippen molar-refractivity contribution < 1.29 is 18.4 Å². The number of ether oxygens (including phenoxy) is 1. The number of rotatable bonds is 7. The van der Waals surface area contributed by atoms with E-state index in [0.717, 1.165) is 0 Å². The minimum absolute atomic E-state index is 0.0262. The van der Waals surface area contributed by atoms with Crippen LogP contribution in [0.2, 0.25) is 36.3 Å². The number of hydrogen-bond acceptors (Lipinski definition) is 6. The number of nitrogens with one attached hydrogen (secondary N) is 2. The zero-order valence-electron chi connectivity index (χ0n) is 22.9. The molecule has 9 nitrogen and oxygen atoms in total. The van der Waals surface area contributed by atoms with Crippen LogP contribution in [0, 0.1) is 16.7 Å². The van der Waals surface area contributed by atoms with E-state index in [2.05, 4.69) is 73.0 Å². The van der Waals surface area contributed by atoms with E-state index < -0.39 is 34.7 Å². The van der Waals surface area contributed by atoms with Crippen LogP contribution in [0.25, 0.3) is 0 Å². The number of allylic oxidation sites excluding steroid dienone is 1. The summed E-state index contributed by atoms with van der Waals surface area (Å²) in [6.45, 7) is 22.4. The number of nitriles is 1. The molecule has 0 radical (unpaired) electrons. The Kier molecular flexibility index (Phi) is 8.51. The van der Waals surface area contributed by atoms with Crippen LogP contribution in [0.5, 0.6) is 0 Å². The van der Waals surface area contributed by atoms with Gasteiger partial charge in [0.15, 0.2) is 16.6 Å². The first-order valence-electron chi connectivity index (χ1n) is 12.0. The normalized spacial score (nSPS) is 25.3. The second kappa shape index (κ2) is 10.2. The third-order valence-corrected chi connectivity index (χ3v) is 16.7. The van der Waals surface area contributed by atoms with Crippen LogP contribution in [0.4, 0.5) is 4.79 Å². The van der Waals surface area contributed by atoms with Crippen molar-refractivity contribution in [1.29, 1.82) is 10.7 Å². The van der Waals surface area contributed by atoms with Crippen molar-refractivity contribution in [1.82, 2.24) is 10.2 Å². The molecule has 2 rings (SSSR count). The highest BCUT2D eigenvalue weighted by Gasteiger charge is 2.48. The molecule has 2 amide bonds. The van der Waals surface area contributed by atoms with E-state index in [1.54, 1.807) is 12.3 Å². The van der Waals surface area contributed by atoms with Crippen LogP contribution in [-0.4, -0.2) is 58.4 Å². The van der Waals surface area contributed by atoms with Crippen molar-refractivity contribution >= 4 is 28.5 Å². The number of amides is 2. The maximum atomic E-state index is 12.9. The van der Waals surface area contributed by atoms with Crippen molar-refractivity contribution in [2.75, 3.05) is 6.61 Å². The molecule has 0 saturated carbocycles. The van der Waals surface area contributed by atoms with Gasteiger partial charge in [-0.05, 0) is 42.3 Å². The van der Waals surface area contributed by atoms with Crippen molar-refractivity contribution in [2.45, 2.75) is 103 Å². The van der Waals surface area contributed by atoms with Gasteiger partial charge in [0.25, 0.3) is 0 Å². The van der Waals surface area contributed by atoms with Gasteiger partial charge in [-0.15, -0.1) is 0 Å². The Bertz CT molecular complexity index is 941. The van der Waals surface area contributed by atoms with Crippen molar-refractivity contribution in [3.63, 3.8) is 0 Å². The summed E-state index contributed by atoms with van der Waals surface area (Å²) in [5.41, 5.74) is 5.58. The van der Waals surface area contributed by atoms with Crippen LogP contribution in [0.15, 0.2) is 23.5 Å². The fourth-order valence-corrected chi connectivity index (χ4v) is 5.66. The summed E-state index contributed by atoms with van der Waals surface area (Å²) < 4.78 is 19.6. The fourth-order valence-electron chi connectivity index (χ4n) is 3.29. The van der Waals surface area contributed by atoms with Gasteiger partial charge in [0.2, 0.25) is 0 Å². The topological polar surface area (TPSA) is 134 Å². The van der Waals surface area contributed by atoms with Crippen LogP contribution < -0.4 is 11.1 Å². The number of carbonyl (C=O) groups excluding carboxylic acids is 1. The molecule has 3 atom stereocenters. The van der Waals surface area contributed by atoms with E-state index in [1.807, 2.05) is 6.07 Å². The summed E-state index contributed by atoms with van der Waals surface area (Å²) in [4.78, 5) is 14.4. The van der Waals surface area contributed by atoms with Gasteiger partial charge in [0, 0.05) is 12.6 Å². The van der Waals surface area contributed by atoms with Gasteiger partial charge < -0.3 is 24.6 Å².